The highest BCUT2D eigenvalue weighted by Crippen LogP contribution is 2.29. The highest BCUT2D eigenvalue weighted by Gasteiger charge is 2.38. The van der Waals surface area contributed by atoms with Crippen LogP contribution in [0.5, 0.6) is 0 Å². The van der Waals surface area contributed by atoms with E-state index in [2.05, 4.69) is 18.7 Å². The first-order valence-corrected chi connectivity index (χ1v) is 7.42. The van der Waals surface area contributed by atoms with Crippen molar-refractivity contribution < 1.29 is 8.78 Å². The van der Waals surface area contributed by atoms with E-state index in [0.29, 0.717) is 0 Å². The molecule has 1 aliphatic rings. The lowest BCUT2D eigenvalue weighted by Crippen LogP contribution is -2.57. The largest absolute Gasteiger partial charge is 0.326 e. The number of nitrogens with two attached hydrogens (primary N) is 1. The molecule has 20 heavy (non-hydrogen) atoms. The summed E-state index contributed by atoms with van der Waals surface area (Å²) in [5, 5.41) is 0. The van der Waals surface area contributed by atoms with Crippen LogP contribution in [-0.4, -0.2) is 29.6 Å². The summed E-state index contributed by atoms with van der Waals surface area (Å²) in [6.45, 7) is 6.26. The van der Waals surface area contributed by atoms with E-state index in [9.17, 15) is 8.78 Å². The van der Waals surface area contributed by atoms with Crippen LogP contribution in [0.15, 0.2) is 18.2 Å². The molecule has 2 N–H and O–H groups in total. The van der Waals surface area contributed by atoms with Gasteiger partial charge in [-0.1, -0.05) is 13.0 Å². The fraction of sp³-hybridized carbons (Fsp3) is 0.625. The third kappa shape index (κ3) is 2.86. The van der Waals surface area contributed by atoms with Gasteiger partial charge in [0.1, 0.15) is 11.6 Å². The molecule has 2 unspecified atom stereocenters. The van der Waals surface area contributed by atoms with Gasteiger partial charge < -0.3 is 5.73 Å². The van der Waals surface area contributed by atoms with Crippen LogP contribution in [0, 0.1) is 11.6 Å². The first-order valence-electron chi connectivity index (χ1n) is 7.42. The summed E-state index contributed by atoms with van der Waals surface area (Å²) in [7, 11) is 0. The van der Waals surface area contributed by atoms with Gasteiger partial charge in [0.05, 0.1) is 0 Å². The molecule has 2 atom stereocenters. The number of benzene rings is 1. The summed E-state index contributed by atoms with van der Waals surface area (Å²) >= 11 is 0. The van der Waals surface area contributed by atoms with Crippen LogP contribution in [0.2, 0.25) is 0 Å². The molecule has 0 bridgehead atoms. The normalized spacial score (nSPS) is 20.9. The minimum Gasteiger partial charge on any atom is -0.326 e. The first-order chi connectivity index (χ1) is 9.49. The molecule has 0 saturated carbocycles. The van der Waals surface area contributed by atoms with Crippen molar-refractivity contribution in [2.45, 2.75) is 51.1 Å². The average Bonchev–Trinajstić information content (AvgIpc) is 2.96. The second-order valence-corrected chi connectivity index (χ2v) is 5.92. The summed E-state index contributed by atoms with van der Waals surface area (Å²) in [6, 6.07) is 3.70. The Hall–Kier alpha value is -1.00. The molecule has 1 fully saturated rings. The molecule has 0 amide bonds. The summed E-state index contributed by atoms with van der Waals surface area (Å²) in [6.07, 6.45) is 3.47. The van der Waals surface area contributed by atoms with Crippen LogP contribution >= 0.6 is 0 Å². The van der Waals surface area contributed by atoms with Gasteiger partial charge >= 0.3 is 0 Å². The van der Waals surface area contributed by atoms with Crippen molar-refractivity contribution in [1.82, 2.24) is 4.90 Å². The zero-order valence-corrected chi connectivity index (χ0v) is 12.3. The molecule has 1 aromatic rings. The Kier molecular flexibility index (Phi) is 4.76. The maximum atomic E-state index is 13.8. The fourth-order valence-corrected chi connectivity index (χ4v) is 3.12. The van der Waals surface area contributed by atoms with E-state index in [-0.39, 0.29) is 23.6 Å². The molecule has 1 aliphatic heterocycles. The molecule has 0 aliphatic carbocycles. The van der Waals surface area contributed by atoms with Gasteiger partial charge in [0, 0.05) is 17.1 Å². The molecule has 0 aromatic heterocycles. The smallest absolute Gasteiger partial charge is 0.129 e. The van der Waals surface area contributed by atoms with E-state index in [1.807, 2.05) is 0 Å². The fourth-order valence-electron chi connectivity index (χ4n) is 3.12. The third-order valence-electron chi connectivity index (χ3n) is 4.83. The van der Waals surface area contributed by atoms with Crippen molar-refractivity contribution in [3.63, 3.8) is 0 Å². The van der Waals surface area contributed by atoms with Crippen molar-refractivity contribution >= 4 is 0 Å². The molecule has 2 rings (SSSR count). The van der Waals surface area contributed by atoms with Crippen LogP contribution in [0.1, 0.15) is 38.7 Å². The summed E-state index contributed by atoms with van der Waals surface area (Å²) in [5.74, 6) is -0.999. The number of halogens is 2. The molecule has 0 radical (unpaired) electrons. The summed E-state index contributed by atoms with van der Waals surface area (Å²) in [5.41, 5.74) is 6.24. The predicted octanol–water partition coefficient (Wildman–Crippen LogP) is 3.10. The van der Waals surface area contributed by atoms with E-state index in [0.717, 1.165) is 19.5 Å². The van der Waals surface area contributed by atoms with Crippen molar-refractivity contribution in [1.29, 1.82) is 0 Å². The van der Waals surface area contributed by atoms with Crippen molar-refractivity contribution in [2.24, 2.45) is 5.73 Å². The van der Waals surface area contributed by atoms with E-state index in [1.54, 1.807) is 0 Å². The van der Waals surface area contributed by atoms with E-state index < -0.39 is 11.6 Å². The second-order valence-electron chi connectivity index (χ2n) is 5.92. The van der Waals surface area contributed by atoms with Crippen LogP contribution in [-0.2, 0) is 6.42 Å². The van der Waals surface area contributed by atoms with E-state index in [4.69, 9.17) is 5.73 Å². The Labute approximate surface area is 120 Å². The predicted molar refractivity (Wildman–Crippen MR) is 77.5 cm³/mol. The van der Waals surface area contributed by atoms with Gasteiger partial charge in [0.15, 0.2) is 0 Å². The molecule has 112 valence electrons. The van der Waals surface area contributed by atoms with Crippen molar-refractivity contribution in [3.8, 4) is 0 Å². The average molecular weight is 282 g/mol. The Bertz CT molecular complexity index is 438. The van der Waals surface area contributed by atoms with Gasteiger partial charge in [-0.05, 0) is 57.8 Å². The van der Waals surface area contributed by atoms with E-state index in [1.165, 1.54) is 31.0 Å². The van der Waals surface area contributed by atoms with Gasteiger partial charge in [-0.2, -0.15) is 0 Å². The van der Waals surface area contributed by atoms with Gasteiger partial charge in [-0.25, -0.2) is 8.78 Å². The SMILES string of the molecule is CCC(C)(C(N)Cc1c(F)cccc1F)N1CCCC1. The molecule has 0 spiro atoms. The second kappa shape index (κ2) is 6.19. The molecule has 1 aromatic carbocycles. The standard InChI is InChI=1S/C16H24F2N2/c1-3-16(2,20-9-4-5-10-20)15(19)11-12-13(17)7-6-8-14(12)18/h6-8,15H,3-5,9-11,19H2,1-2H3. The Morgan fingerprint density at radius 2 is 1.80 bits per heavy atom. The Morgan fingerprint density at radius 3 is 2.30 bits per heavy atom. The molecule has 4 heteroatoms. The Balaban J connectivity index is 2.19. The quantitative estimate of drug-likeness (QED) is 0.899. The molecule has 1 heterocycles. The maximum Gasteiger partial charge on any atom is 0.129 e. The zero-order valence-electron chi connectivity index (χ0n) is 12.3. The van der Waals surface area contributed by atoms with E-state index >= 15 is 0 Å². The number of rotatable bonds is 5. The maximum absolute atomic E-state index is 13.8. The molecular weight excluding hydrogens is 258 g/mol. The molecule has 2 nitrogen and oxygen atoms in total. The highest BCUT2D eigenvalue weighted by molar-refractivity contribution is 5.22. The lowest BCUT2D eigenvalue weighted by Gasteiger charge is -2.43. The van der Waals surface area contributed by atoms with Crippen molar-refractivity contribution in [2.75, 3.05) is 13.1 Å². The number of likely N-dealkylation sites (tertiary alicyclic amines) is 1. The van der Waals surface area contributed by atoms with Gasteiger partial charge in [-0.3, -0.25) is 4.90 Å². The monoisotopic (exact) mass is 282 g/mol. The molecular formula is C16H24F2N2. The lowest BCUT2D eigenvalue weighted by molar-refractivity contribution is 0.0992. The highest BCUT2D eigenvalue weighted by atomic mass is 19.1. The Morgan fingerprint density at radius 1 is 1.25 bits per heavy atom. The summed E-state index contributed by atoms with van der Waals surface area (Å²) in [4.78, 5) is 2.37. The zero-order chi connectivity index (χ0) is 14.8. The first kappa shape index (κ1) is 15.4. The molecule has 1 saturated heterocycles. The van der Waals surface area contributed by atoms with Crippen LogP contribution in [0.25, 0.3) is 0 Å². The topological polar surface area (TPSA) is 29.3 Å². The number of hydrogen-bond acceptors (Lipinski definition) is 2. The van der Waals surface area contributed by atoms with Gasteiger partial charge in [0.2, 0.25) is 0 Å². The number of nitrogens with zero attached hydrogens (tertiary/aromatic N) is 1. The summed E-state index contributed by atoms with van der Waals surface area (Å²) < 4.78 is 27.5. The van der Waals surface area contributed by atoms with Gasteiger partial charge in [0.25, 0.3) is 0 Å². The minimum absolute atomic E-state index is 0.110. The minimum atomic E-state index is -0.500. The van der Waals surface area contributed by atoms with Crippen LogP contribution < -0.4 is 5.73 Å². The van der Waals surface area contributed by atoms with Crippen LogP contribution in [0.3, 0.4) is 0 Å². The van der Waals surface area contributed by atoms with Crippen molar-refractivity contribution in [3.05, 3.63) is 35.4 Å². The van der Waals surface area contributed by atoms with Gasteiger partial charge in [-0.15, -0.1) is 0 Å². The lowest BCUT2D eigenvalue weighted by atomic mass is 9.84. The number of hydrogen-bond donors (Lipinski definition) is 1. The van der Waals surface area contributed by atoms with Crippen LogP contribution in [0.4, 0.5) is 8.78 Å². The third-order valence-corrected chi connectivity index (χ3v) is 4.83.